The fourth-order valence-corrected chi connectivity index (χ4v) is 2.34. The van der Waals surface area contributed by atoms with Gasteiger partial charge in [0.05, 0.1) is 0 Å². The van der Waals surface area contributed by atoms with Crippen LogP contribution in [-0.4, -0.2) is 10.2 Å². The quantitative estimate of drug-likeness (QED) is 0.238. The molecule has 0 amide bonds. The van der Waals surface area contributed by atoms with Crippen molar-refractivity contribution in [2.45, 2.75) is 12.8 Å². The van der Waals surface area contributed by atoms with Gasteiger partial charge in [0, 0.05) is 0 Å². The second-order valence-electron chi connectivity index (χ2n) is 6.25. The van der Waals surface area contributed by atoms with E-state index in [1.807, 2.05) is 97.1 Å². The van der Waals surface area contributed by atoms with Crippen LogP contribution in [0.15, 0.2) is 135 Å². The van der Waals surface area contributed by atoms with Gasteiger partial charge in [-0.15, -0.1) is 13.2 Å². The molecule has 31 heavy (non-hydrogen) atoms. The van der Waals surface area contributed by atoms with Crippen LogP contribution in [0.4, 0.5) is 0 Å². The summed E-state index contributed by atoms with van der Waals surface area (Å²) in [7, 11) is 0. The second-order valence-corrected chi connectivity index (χ2v) is 6.25. The third-order valence-corrected chi connectivity index (χ3v) is 3.69. The van der Waals surface area contributed by atoms with Crippen molar-refractivity contribution >= 4 is 0 Å². The summed E-state index contributed by atoms with van der Waals surface area (Å²) >= 11 is 0. The van der Waals surface area contributed by atoms with Gasteiger partial charge in [0.1, 0.15) is 11.5 Å². The van der Waals surface area contributed by atoms with Gasteiger partial charge in [-0.2, -0.15) is 36.4 Å². The summed E-state index contributed by atoms with van der Waals surface area (Å²) in [6.07, 6.45) is 5.26. The average molecular weight is 490 g/mol. The van der Waals surface area contributed by atoms with Crippen LogP contribution in [0.1, 0.15) is 11.1 Å². The molecule has 2 N–H and O–H groups in total. The topological polar surface area (TPSA) is 40.5 Å². The van der Waals surface area contributed by atoms with Gasteiger partial charge in [-0.1, -0.05) is 36.4 Å². The molecule has 4 aromatic carbocycles. The van der Waals surface area contributed by atoms with E-state index in [0.29, 0.717) is 11.5 Å². The molecule has 0 spiro atoms. The van der Waals surface area contributed by atoms with Crippen LogP contribution in [0.2, 0.25) is 0 Å². The SMILES string of the molecule is C=CCc1cccc(O)c1.C=CCc1cccc(O)c1.[Zr+2].c1cc[cH-]c1.c1cc[cH-]c1. The molecular weight excluding hydrogens is 460 g/mol. The number of hydrogen-bond acceptors (Lipinski definition) is 2. The van der Waals surface area contributed by atoms with Crippen LogP contribution in [0.25, 0.3) is 0 Å². The molecule has 4 rings (SSSR count). The summed E-state index contributed by atoms with van der Waals surface area (Å²) in [4.78, 5) is 0. The summed E-state index contributed by atoms with van der Waals surface area (Å²) in [5, 5.41) is 18.0. The van der Waals surface area contributed by atoms with Gasteiger partial charge in [0.25, 0.3) is 0 Å². The van der Waals surface area contributed by atoms with E-state index in [2.05, 4.69) is 13.2 Å². The molecule has 0 aliphatic heterocycles. The zero-order valence-electron chi connectivity index (χ0n) is 17.8. The van der Waals surface area contributed by atoms with E-state index in [1.54, 1.807) is 24.3 Å². The van der Waals surface area contributed by atoms with E-state index in [-0.39, 0.29) is 26.2 Å². The first-order valence-corrected chi connectivity index (χ1v) is 9.76. The predicted molar refractivity (Wildman–Crippen MR) is 128 cm³/mol. The Morgan fingerprint density at radius 2 is 0.968 bits per heavy atom. The first-order valence-electron chi connectivity index (χ1n) is 9.76. The van der Waals surface area contributed by atoms with Gasteiger partial charge in [-0.3, -0.25) is 0 Å². The number of allylic oxidation sites excluding steroid dienone is 2. The molecule has 0 saturated carbocycles. The smallest absolute Gasteiger partial charge is 0.508 e. The molecule has 4 aromatic rings. The molecule has 0 heterocycles. The van der Waals surface area contributed by atoms with Crippen molar-refractivity contribution in [2.24, 2.45) is 0 Å². The van der Waals surface area contributed by atoms with E-state index in [4.69, 9.17) is 10.2 Å². The summed E-state index contributed by atoms with van der Waals surface area (Å²) in [6, 6.07) is 34.4. The van der Waals surface area contributed by atoms with Gasteiger partial charge in [-0.05, 0) is 48.2 Å². The normalized spacial score (nSPS) is 8.52. The van der Waals surface area contributed by atoms with E-state index < -0.39 is 0 Å². The van der Waals surface area contributed by atoms with Gasteiger partial charge in [-0.25, -0.2) is 24.3 Å². The van der Waals surface area contributed by atoms with Gasteiger partial charge < -0.3 is 10.2 Å². The third kappa shape index (κ3) is 15.6. The van der Waals surface area contributed by atoms with Gasteiger partial charge in [0.15, 0.2) is 0 Å². The minimum atomic E-state index is 0. The number of phenols is 2. The average Bonchev–Trinajstić information content (AvgIpc) is 3.48. The molecule has 0 saturated heterocycles. The molecule has 0 aromatic heterocycles. The minimum Gasteiger partial charge on any atom is -0.508 e. The van der Waals surface area contributed by atoms with Crippen molar-refractivity contribution in [3.8, 4) is 11.5 Å². The van der Waals surface area contributed by atoms with Gasteiger partial charge in [0.2, 0.25) is 0 Å². The van der Waals surface area contributed by atoms with Crippen molar-refractivity contribution < 1.29 is 36.4 Å². The van der Waals surface area contributed by atoms with Crippen LogP contribution in [0, 0.1) is 0 Å². The molecule has 0 atom stereocenters. The van der Waals surface area contributed by atoms with E-state index in [0.717, 1.165) is 24.0 Å². The number of hydrogen-bond donors (Lipinski definition) is 2. The summed E-state index contributed by atoms with van der Waals surface area (Å²) in [6.45, 7) is 7.21. The number of phenolic OH excluding ortho intramolecular Hbond substituents is 2. The van der Waals surface area contributed by atoms with Crippen molar-refractivity contribution in [1.29, 1.82) is 0 Å². The second kappa shape index (κ2) is 19.1. The van der Waals surface area contributed by atoms with E-state index in [9.17, 15) is 0 Å². The van der Waals surface area contributed by atoms with Crippen LogP contribution < -0.4 is 0 Å². The Kier molecular flexibility index (Phi) is 17.3. The Hall–Kier alpha value is -2.90. The number of aromatic hydroxyl groups is 2. The Morgan fingerprint density at radius 1 is 0.613 bits per heavy atom. The molecule has 2 nitrogen and oxygen atoms in total. The summed E-state index contributed by atoms with van der Waals surface area (Å²) in [5.74, 6) is 0.638. The van der Waals surface area contributed by atoms with Crippen molar-refractivity contribution in [3.05, 3.63) is 146 Å². The molecule has 0 fully saturated rings. The van der Waals surface area contributed by atoms with Crippen molar-refractivity contribution in [3.63, 3.8) is 0 Å². The zero-order chi connectivity index (χ0) is 21.9. The Labute approximate surface area is 205 Å². The third-order valence-electron chi connectivity index (χ3n) is 3.69. The Bertz CT molecular complexity index is 798. The summed E-state index contributed by atoms with van der Waals surface area (Å²) in [5.41, 5.74) is 2.19. The molecular formula is C28H30O2Zr. The Balaban J connectivity index is 0.000000401. The molecule has 3 heteroatoms. The molecule has 158 valence electrons. The molecule has 0 aliphatic carbocycles. The van der Waals surface area contributed by atoms with Crippen molar-refractivity contribution in [1.82, 2.24) is 0 Å². The Morgan fingerprint density at radius 3 is 1.19 bits per heavy atom. The predicted octanol–water partition coefficient (Wildman–Crippen LogP) is 7.05. The van der Waals surface area contributed by atoms with Crippen LogP contribution in [0.5, 0.6) is 11.5 Å². The maximum atomic E-state index is 9.01. The maximum Gasteiger partial charge on any atom is 2.00 e. The maximum absolute atomic E-state index is 9.01. The van der Waals surface area contributed by atoms with Crippen LogP contribution >= 0.6 is 0 Å². The van der Waals surface area contributed by atoms with Crippen molar-refractivity contribution in [2.75, 3.05) is 0 Å². The fourth-order valence-electron chi connectivity index (χ4n) is 2.34. The zero-order valence-corrected chi connectivity index (χ0v) is 20.2. The van der Waals surface area contributed by atoms with Crippen LogP contribution in [-0.2, 0) is 39.0 Å². The molecule has 0 unspecified atom stereocenters. The molecule has 0 bridgehead atoms. The first kappa shape index (κ1) is 28.1. The van der Waals surface area contributed by atoms with E-state index in [1.165, 1.54) is 0 Å². The van der Waals surface area contributed by atoms with Gasteiger partial charge >= 0.3 is 26.2 Å². The first-order chi connectivity index (χ1) is 14.7. The molecule has 0 aliphatic rings. The summed E-state index contributed by atoms with van der Waals surface area (Å²) < 4.78 is 0. The van der Waals surface area contributed by atoms with Crippen LogP contribution in [0.3, 0.4) is 0 Å². The minimum absolute atomic E-state index is 0. The monoisotopic (exact) mass is 488 g/mol. The largest absolute Gasteiger partial charge is 2.00 e. The number of benzene rings is 2. The van der Waals surface area contributed by atoms with E-state index >= 15 is 0 Å². The standard InChI is InChI=1S/2C9H10O.2C5H5.Zr/c2*1-2-4-8-5-3-6-9(10)7-8;2*1-2-4-5-3-1;/h2*2-3,5-7,10H,1,4H2;2*1-5H;/q;;2*-1;+2. The molecule has 0 radical (unpaired) electrons. The fraction of sp³-hybridized carbons (Fsp3) is 0.0714. The number of rotatable bonds is 4.